The van der Waals surface area contributed by atoms with E-state index in [2.05, 4.69) is 0 Å². The fourth-order valence-electron chi connectivity index (χ4n) is 3.67. The molecule has 0 aromatic carbocycles. The van der Waals surface area contributed by atoms with Crippen molar-refractivity contribution in [3.8, 4) is 0 Å². The molecule has 1 unspecified atom stereocenters. The van der Waals surface area contributed by atoms with Crippen LogP contribution in [0.25, 0.3) is 0 Å². The van der Waals surface area contributed by atoms with Crippen LogP contribution in [0.1, 0.15) is 49.2 Å². The van der Waals surface area contributed by atoms with Gasteiger partial charge in [0.1, 0.15) is 5.60 Å². The highest BCUT2D eigenvalue weighted by Crippen LogP contribution is 2.36. The monoisotopic (exact) mass is 348 g/mol. The Morgan fingerprint density at radius 1 is 1.16 bits per heavy atom. The molecule has 1 fully saturated rings. The van der Waals surface area contributed by atoms with Crippen molar-refractivity contribution in [2.75, 3.05) is 20.2 Å². The quantitative estimate of drug-likeness (QED) is 0.725. The van der Waals surface area contributed by atoms with E-state index in [0.29, 0.717) is 19.6 Å². The van der Waals surface area contributed by atoms with Crippen LogP contribution in [0.4, 0.5) is 4.79 Å². The number of piperidine rings is 1. The Morgan fingerprint density at radius 2 is 1.88 bits per heavy atom. The van der Waals surface area contributed by atoms with Crippen molar-refractivity contribution in [2.24, 2.45) is 5.92 Å². The minimum atomic E-state index is -0.545. The molecule has 1 amide bonds. The predicted octanol–water partition coefficient (Wildman–Crippen LogP) is 1.99. The molecular formula is C18H24N2O5. The Morgan fingerprint density at radius 3 is 2.52 bits per heavy atom. The summed E-state index contributed by atoms with van der Waals surface area (Å²) in [6.45, 7) is 7.13. The number of ether oxygens (including phenoxy) is 2. The molecule has 0 N–H and O–H groups in total. The van der Waals surface area contributed by atoms with E-state index < -0.39 is 11.6 Å². The molecule has 3 heterocycles. The maximum atomic E-state index is 12.4. The molecule has 2 bridgehead atoms. The van der Waals surface area contributed by atoms with Crippen LogP contribution in [0.15, 0.2) is 16.9 Å². The van der Waals surface area contributed by atoms with Gasteiger partial charge in [-0.15, -0.1) is 0 Å². The summed E-state index contributed by atoms with van der Waals surface area (Å²) in [6.07, 6.45) is 0.561. The van der Waals surface area contributed by atoms with E-state index >= 15 is 0 Å². The average Bonchev–Trinajstić information content (AvgIpc) is 2.53. The van der Waals surface area contributed by atoms with E-state index in [-0.39, 0.29) is 29.1 Å². The van der Waals surface area contributed by atoms with Crippen LogP contribution >= 0.6 is 0 Å². The van der Waals surface area contributed by atoms with Gasteiger partial charge in [-0.05, 0) is 39.2 Å². The zero-order valence-corrected chi connectivity index (χ0v) is 15.1. The van der Waals surface area contributed by atoms with E-state index in [1.165, 1.54) is 13.2 Å². The van der Waals surface area contributed by atoms with Crippen LogP contribution in [0.5, 0.6) is 0 Å². The van der Waals surface area contributed by atoms with Crippen LogP contribution in [-0.2, 0) is 16.0 Å². The highest BCUT2D eigenvalue weighted by atomic mass is 16.6. The first kappa shape index (κ1) is 17.5. The van der Waals surface area contributed by atoms with Gasteiger partial charge in [-0.2, -0.15) is 0 Å². The van der Waals surface area contributed by atoms with Crippen molar-refractivity contribution >= 4 is 12.1 Å². The van der Waals surface area contributed by atoms with Crippen LogP contribution in [-0.4, -0.2) is 47.3 Å². The molecule has 2 aliphatic rings. The molecule has 136 valence electrons. The lowest BCUT2D eigenvalue weighted by Crippen LogP contribution is -2.50. The van der Waals surface area contributed by atoms with Gasteiger partial charge in [-0.3, -0.25) is 4.79 Å². The second-order valence-corrected chi connectivity index (χ2v) is 7.79. The van der Waals surface area contributed by atoms with Gasteiger partial charge >= 0.3 is 12.1 Å². The lowest BCUT2D eigenvalue weighted by atomic mass is 9.83. The third-order valence-electron chi connectivity index (χ3n) is 4.63. The first-order valence-electron chi connectivity index (χ1n) is 8.49. The lowest BCUT2D eigenvalue weighted by Gasteiger charge is -2.42. The minimum absolute atomic E-state index is 0.0114. The Bertz CT molecular complexity index is 762. The number of rotatable bonds is 1. The van der Waals surface area contributed by atoms with E-state index in [0.717, 1.165) is 12.1 Å². The largest absolute Gasteiger partial charge is 0.465 e. The van der Waals surface area contributed by atoms with E-state index in [1.54, 1.807) is 15.5 Å². The summed E-state index contributed by atoms with van der Waals surface area (Å²) in [6, 6.07) is 3.04. The second kappa shape index (κ2) is 6.20. The van der Waals surface area contributed by atoms with Crippen molar-refractivity contribution in [3.63, 3.8) is 0 Å². The highest BCUT2D eigenvalue weighted by Gasteiger charge is 2.38. The average molecular weight is 348 g/mol. The first-order valence-corrected chi connectivity index (χ1v) is 8.49. The third kappa shape index (κ3) is 3.55. The molecule has 2 atom stereocenters. The molecule has 1 aromatic heterocycles. The molecule has 0 spiro atoms. The van der Waals surface area contributed by atoms with Gasteiger partial charge in [0, 0.05) is 37.3 Å². The Balaban J connectivity index is 1.89. The lowest BCUT2D eigenvalue weighted by molar-refractivity contribution is 0.0101. The molecule has 1 aromatic rings. The van der Waals surface area contributed by atoms with Gasteiger partial charge in [-0.25, -0.2) is 9.59 Å². The molecule has 0 aliphatic carbocycles. The van der Waals surface area contributed by atoms with E-state index in [4.69, 9.17) is 9.47 Å². The summed E-state index contributed by atoms with van der Waals surface area (Å²) in [5.74, 6) is -0.305. The van der Waals surface area contributed by atoms with Crippen molar-refractivity contribution in [3.05, 3.63) is 33.7 Å². The number of aromatic nitrogens is 1. The zero-order chi connectivity index (χ0) is 18.4. The third-order valence-corrected chi connectivity index (χ3v) is 4.63. The van der Waals surface area contributed by atoms with Crippen LogP contribution in [0.3, 0.4) is 0 Å². The summed E-state index contributed by atoms with van der Waals surface area (Å²) in [5.41, 5.74) is 0.304. The SMILES string of the molecule is COC(=O)c1cc2n(c(=O)c1)CC1C[C@H]2CN(C(=O)OC(C)(C)C)C1. The van der Waals surface area contributed by atoms with Crippen LogP contribution in [0.2, 0.25) is 0 Å². The fourth-order valence-corrected chi connectivity index (χ4v) is 3.67. The smallest absolute Gasteiger partial charge is 0.410 e. The van der Waals surface area contributed by atoms with Gasteiger partial charge in [0.25, 0.3) is 5.56 Å². The highest BCUT2D eigenvalue weighted by molar-refractivity contribution is 5.89. The molecule has 1 saturated heterocycles. The zero-order valence-electron chi connectivity index (χ0n) is 15.1. The van der Waals surface area contributed by atoms with E-state index in [1.807, 2.05) is 20.8 Å². The number of esters is 1. The molecule has 0 radical (unpaired) electrons. The minimum Gasteiger partial charge on any atom is -0.465 e. The van der Waals surface area contributed by atoms with Gasteiger partial charge in [0.15, 0.2) is 0 Å². The van der Waals surface area contributed by atoms with Crippen molar-refractivity contribution in [1.82, 2.24) is 9.47 Å². The Kier molecular flexibility index (Phi) is 4.34. The molecule has 7 nitrogen and oxygen atoms in total. The Labute approximate surface area is 146 Å². The number of hydrogen-bond donors (Lipinski definition) is 0. The van der Waals surface area contributed by atoms with Gasteiger partial charge in [0.2, 0.25) is 0 Å². The number of carbonyl (C=O) groups is 2. The molecule has 7 heteroatoms. The predicted molar refractivity (Wildman–Crippen MR) is 90.7 cm³/mol. The van der Waals surface area contributed by atoms with Crippen LogP contribution in [0, 0.1) is 5.92 Å². The maximum absolute atomic E-state index is 12.4. The van der Waals surface area contributed by atoms with E-state index in [9.17, 15) is 14.4 Å². The summed E-state index contributed by atoms with van der Waals surface area (Å²) in [7, 11) is 1.29. The number of carbonyl (C=O) groups excluding carboxylic acids is 2. The van der Waals surface area contributed by atoms with Gasteiger partial charge < -0.3 is 18.9 Å². The number of fused-ring (bicyclic) bond motifs is 4. The molecule has 0 saturated carbocycles. The Hall–Kier alpha value is -2.31. The van der Waals surface area contributed by atoms with Crippen molar-refractivity contribution < 1.29 is 19.1 Å². The number of methoxy groups -OCH3 is 1. The summed E-state index contributed by atoms with van der Waals surface area (Å²) in [4.78, 5) is 38.3. The summed E-state index contributed by atoms with van der Waals surface area (Å²) >= 11 is 0. The molecule has 25 heavy (non-hydrogen) atoms. The number of likely N-dealkylation sites (tertiary alicyclic amines) is 1. The fraction of sp³-hybridized carbons (Fsp3) is 0.611. The summed E-state index contributed by atoms with van der Waals surface area (Å²) < 4.78 is 11.9. The number of amides is 1. The number of hydrogen-bond acceptors (Lipinski definition) is 5. The standard InChI is InChI=1S/C18H24N2O5/c1-18(2,3)25-17(23)19-8-11-5-13(10-19)14-6-12(16(22)24-4)7-15(21)20(14)9-11/h6-7,11,13H,5,8-10H2,1-4H3/t11?,13-/m0/s1. The number of pyridine rings is 1. The number of nitrogens with zero attached hydrogens (tertiary/aromatic N) is 2. The van der Waals surface area contributed by atoms with Crippen molar-refractivity contribution in [1.29, 1.82) is 0 Å². The normalized spacial score (nSPS) is 22.2. The van der Waals surface area contributed by atoms with Gasteiger partial charge in [-0.1, -0.05) is 0 Å². The summed E-state index contributed by atoms with van der Waals surface area (Å²) in [5, 5.41) is 0. The maximum Gasteiger partial charge on any atom is 0.410 e. The van der Waals surface area contributed by atoms with Gasteiger partial charge in [0.05, 0.1) is 12.7 Å². The molecule has 2 aliphatic heterocycles. The van der Waals surface area contributed by atoms with Crippen LogP contribution < -0.4 is 5.56 Å². The topological polar surface area (TPSA) is 77.8 Å². The second-order valence-electron chi connectivity index (χ2n) is 7.79. The molecular weight excluding hydrogens is 324 g/mol. The molecule has 3 rings (SSSR count). The van der Waals surface area contributed by atoms with Crippen molar-refractivity contribution in [2.45, 2.75) is 45.3 Å². The first-order chi connectivity index (χ1) is 11.7.